The summed E-state index contributed by atoms with van der Waals surface area (Å²) in [4.78, 5) is 22.4. The molecule has 0 saturated carbocycles. The maximum absolute atomic E-state index is 11.5. The van der Waals surface area contributed by atoms with E-state index in [9.17, 15) is 9.59 Å². The summed E-state index contributed by atoms with van der Waals surface area (Å²) in [6.07, 6.45) is 0.434. The number of carbonyl (C=O) groups excluding carboxylic acids is 1. The van der Waals surface area contributed by atoms with Crippen molar-refractivity contribution >= 4 is 12.1 Å². The van der Waals surface area contributed by atoms with Crippen LogP contribution in [0.3, 0.4) is 0 Å². The van der Waals surface area contributed by atoms with Gasteiger partial charge in [-0.25, -0.2) is 9.59 Å². The number of carboxylic acids is 1. The SMILES string of the molecule is CC1=C(C(=O)O)CC(NC(=O)OC(C)(C)C)C1. The molecular weight excluding hydrogens is 222 g/mol. The molecule has 0 aromatic heterocycles. The molecule has 0 bridgehead atoms. The van der Waals surface area contributed by atoms with Crippen LogP contribution in [-0.2, 0) is 9.53 Å². The van der Waals surface area contributed by atoms with Gasteiger partial charge in [-0.05, 0) is 34.1 Å². The van der Waals surface area contributed by atoms with Crippen molar-refractivity contribution < 1.29 is 19.4 Å². The molecule has 5 nitrogen and oxygen atoms in total. The average molecular weight is 241 g/mol. The third-order valence-electron chi connectivity index (χ3n) is 2.50. The van der Waals surface area contributed by atoms with E-state index in [4.69, 9.17) is 9.84 Å². The largest absolute Gasteiger partial charge is 0.478 e. The Hall–Kier alpha value is -1.52. The Labute approximate surface area is 101 Å². The van der Waals surface area contributed by atoms with Crippen LogP contribution in [0.1, 0.15) is 40.5 Å². The van der Waals surface area contributed by atoms with Gasteiger partial charge in [-0.3, -0.25) is 0 Å². The molecule has 1 amide bonds. The Balaban J connectivity index is 2.48. The molecule has 1 rings (SSSR count). The summed E-state index contributed by atoms with van der Waals surface area (Å²) in [5.74, 6) is -0.906. The van der Waals surface area contributed by atoms with Crippen LogP contribution < -0.4 is 5.32 Å². The van der Waals surface area contributed by atoms with Gasteiger partial charge in [0.2, 0.25) is 0 Å². The van der Waals surface area contributed by atoms with E-state index in [1.807, 2.05) is 0 Å². The zero-order chi connectivity index (χ0) is 13.2. The first kappa shape index (κ1) is 13.5. The monoisotopic (exact) mass is 241 g/mol. The predicted octanol–water partition coefficient (Wildman–Crippen LogP) is 2.07. The molecule has 0 aromatic carbocycles. The highest BCUT2D eigenvalue weighted by Crippen LogP contribution is 2.26. The minimum absolute atomic E-state index is 0.170. The van der Waals surface area contributed by atoms with Gasteiger partial charge < -0.3 is 15.2 Å². The molecule has 0 fully saturated rings. The van der Waals surface area contributed by atoms with E-state index in [1.54, 1.807) is 27.7 Å². The highest BCUT2D eigenvalue weighted by atomic mass is 16.6. The summed E-state index contributed by atoms with van der Waals surface area (Å²) in [5.41, 5.74) is 0.672. The molecule has 1 aliphatic carbocycles. The summed E-state index contributed by atoms with van der Waals surface area (Å²) in [6, 6.07) is -0.170. The predicted molar refractivity (Wildman–Crippen MR) is 62.7 cm³/mol. The molecule has 0 aromatic rings. The number of nitrogens with one attached hydrogen (secondary N) is 1. The van der Waals surface area contributed by atoms with Gasteiger partial charge in [0.25, 0.3) is 0 Å². The van der Waals surface area contributed by atoms with E-state index in [1.165, 1.54) is 0 Å². The molecule has 0 heterocycles. The number of hydrogen-bond donors (Lipinski definition) is 2. The number of rotatable bonds is 2. The topological polar surface area (TPSA) is 75.6 Å². The summed E-state index contributed by atoms with van der Waals surface area (Å²) in [5, 5.41) is 11.6. The first-order valence-corrected chi connectivity index (χ1v) is 5.60. The van der Waals surface area contributed by atoms with E-state index in [0.717, 1.165) is 5.57 Å². The molecule has 96 valence electrons. The first-order valence-electron chi connectivity index (χ1n) is 5.60. The summed E-state index contributed by atoms with van der Waals surface area (Å²) in [6.45, 7) is 7.13. The smallest absolute Gasteiger partial charge is 0.407 e. The second-order valence-electron chi connectivity index (χ2n) is 5.32. The van der Waals surface area contributed by atoms with Gasteiger partial charge >= 0.3 is 12.1 Å². The third kappa shape index (κ3) is 4.09. The number of carbonyl (C=O) groups is 2. The van der Waals surface area contributed by atoms with Crippen molar-refractivity contribution in [1.29, 1.82) is 0 Å². The Morgan fingerprint density at radius 3 is 2.35 bits per heavy atom. The second-order valence-corrected chi connectivity index (χ2v) is 5.32. The minimum Gasteiger partial charge on any atom is -0.478 e. The van der Waals surface area contributed by atoms with E-state index in [0.29, 0.717) is 18.4 Å². The third-order valence-corrected chi connectivity index (χ3v) is 2.50. The van der Waals surface area contributed by atoms with E-state index < -0.39 is 17.7 Å². The molecule has 0 aliphatic heterocycles. The normalized spacial score (nSPS) is 20.4. The van der Waals surface area contributed by atoms with Gasteiger partial charge in [0.1, 0.15) is 5.60 Å². The van der Waals surface area contributed by atoms with Gasteiger partial charge in [0, 0.05) is 18.0 Å². The molecule has 0 saturated heterocycles. The molecule has 5 heteroatoms. The van der Waals surface area contributed by atoms with E-state index in [2.05, 4.69) is 5.32 Å². The van der Waals surface area contributed by atoms with Crippen LogP contribution in [0.25, 0.3) is 0 Å². The lowest BCUT2D eigenvalue weighted by Crippen LogP contribution is -2.38. The summed E-state index contributed by atoms with van der Waals surface area (Å²) in [7, 11) is 0. The van der Waals surface area contributed by atoms with Crippen molar-refractivity contribution in [3.63, 3.8) is 0 Å². The van der Waals surface area contributed by atoms with Crippen molar-refractivity contribution in [1.82, 2.24) is 5.32 Å². The maximum Gasteiger partial charge on any atom is 0.407 e. The molecule has 0 spiro atoms. The van der Waals surface area contributed by atoms with Crippen LogP contribution in [-0.4, -0.2) is 28.8 Å². The van der Waals surface area contributed by atoms with E-state index in [-0.39, 0.29) is 6.04 Å². The molecular formula is C12H19NO4. The lowest BCUT2D eigenvalue weighted by atomic mass is 10.2. The van der Waals surface area contributed by atoms with Crippen molar-refractivity contribution in [2.75, 3.05) is 0 Å². The number of carboxylic acid groups (broad SMARTS) is 1. The van der Waals surface area contributed by atoms with Crippen LogP contribution in [0.4, 0.5) is 4.79 Å². The standard InChI is InChI=1S/C12H19NO4/c1-7-5-8(6-9(7)10(14)15)13-11(16)17-12(2,3)4/h8H,5-6H2,1-4H3,(H,13,16)(H,14,15). The zero-order valence-electron chi connectivity index (χ0n) is 10.7. The number of ether oxygens (including phenoxy) is 1. The Kier molecular flexibility index (Phi) is 3.80. The van der Waals surface area contributed by atoms with Gasteiger partial charge in [-0.15, -0.1) is 0 Å². The van der Waals surface area contributed by atoms with Gasteiger partial charge in [0.15, 0.2) is 0 Å². The summed E-state index contributed by atoms with van der Waals surface area (Å²) >= 11 is 0. The van der Waals surface area contributed by atoms with E-state index >= 15 is 0 Å². The Bertz CT molecular complexity index is 365. The lowest BCUT2D eigenvalue weighted by molar-refractivity contribution is -0.132. The number of hydrogen-bond acceptors (Lipinski definition) is 3. The quantitative estimate of drug-likeness (QED) is 0.776. The molecule has 1 aliphatic rings. The fourth-order valence-corrected chi connectivity index (χ4v) is 1.83. The molecule has 1 unspecified atom stereocenters. The van der Waals surface area contributed by atoms with Crippen molar-refractivity contribution in [2.45, 2.75) is 52.2 Å². The Morgan fingerprint density at radius 1 is 1.35 bits per heavy atom. The molecule has 2 N–H and O–H groups in total. The minimum atomic E-state index is -0.906. The number of amides is 1. The summed E-state index contributed by atoms with van der Waals surface area (Å²) < 4.78 is 5.11. The van der Waals surface area contributed by atoms with Crippen LogP contribution in [0.15, 0.2) is 11.1 Å². The fourth-order valence-electron chi connectivity index (χ4n) is 1.83. The van der Waals surface area contributed by atoms with Crippen molar-refractivity contribution in [3.05, 3.63) is 11.1 Å². The van der Waals surface area contributed by atoms with Gasteiger partial charge in [0.05, 0.1) is 0 Å². The zero-order valence-corrected chi connectivity index (χ0v) is 10.7. The highest BCUT2D eigenvalue weighted by molar-refractivity contribution is 5.88. The molecule has 1 atom stereocenters. The van der Waals surface area contributed by atoms with Gasteiger partial charge in [-0.2, -0.15) is 0 Å². The Morgan fingerprint density at radius 2 is 1.94 bits per heavy atom. The maximum atomic E-state index is 11.5. The second kappa shape index (κ2) is 4.77. The van der Waals surface area contributed by atoms with Gasteiger partial charge in [-0.1, -0.05) is 5.57 Å². The van der Waals surface area contributed by atoms with Crippen LogP contribution in [0, 0.1) is 0 Å². The fraction of sp³-hybridized carbons (Fsp3) is 0.667. The lowest BCUT2D eigenvalue weighted by Gasteiger charge is -2.21. The van der Waals surface area contributed by atoms with Crippen LogP contribution in [0.2, 0.25) is 0 Å². The number of aliphatic carboxylic acids is 1. The van der Waals surface area contributed by atoms with Crippen molar-refractivity contribution in [3.8, 4) is 0 Å². The average Bonchev–Trinajstić information content (AvgIpc) is 2.42. The molecule has 17 heavy (non-hydrogen) atoms. The highest BCUT2D eigenvalue weighted by Gasteiger charge is 2.28. The van der Waals surface area contributed by atoms with Crippen molar-refractivity contribution in [2.24, 2.45) is 0 Å². The number of alkyl carbamates (subject to hydrolysis) is 1. The first-order chi connectivity index (χ1) is 7.69. The van der Waals surface area contributed by atoms with Crippen LogP contribution >= 0.6 is 0 Å². The molecule has 0 radical (unpaired) electrons. The van der Waals surface area contributed by atoms with Crippen LogP contribution in [0.5, 0.6) is 0 Å².